The Hall–Kier alpha value is -0.0800. The molecule has 2 rings (SSSR count). The van der Waals surface area contributed by atoms with Crippen LogP contribution in [0.2, 0.25) is 0 Å². The molecule has 2 heteroatoms. The molecule has 2 nitrogen and oxygen atoms in total. The SMILES string of the molecule is NCC1(C2CCCOC2)CCCCC1. The molecule has 1 saturated heterocycles. The Morgan fingerprint density at radius 1 is 1.14 bits per heavy atom. The lowest BCUT2D eigenvalue weighted by atomic mass is 9.64. The quantitative estimate of drug-likeness (QED) is 0.737. The summed E-state index contributed by atoms with van der Waals surface area (Å²) in [6.45, 7) is 2.81. The van der Waals surface area contributed by atoms with E-state index >= 15 is 0 Å². The molecule has 0 bridgehead atoms. The van der Waals surface area contributed by atoms with Crippen LogP contribution in [0.1, 0.15) is 44.9 Å². The molecular weight excluding hydrogens is 174 g/mol. The highest BCUT2D eigenvalue weighted by Crippen LogP contribution is 2.44. The van der Waals surface area contributed by atoms with Crippen molar-refractivity contribution in [2.75, 3.05) is 19.8 Å². The molecule has 0 aromatic carbocycles. The molecule has 1 atom stereocenters. The predicted molar refractivity (Wildman–Crippen MR) is 58.1 cm³/mol. The first-order chi connectivity index (χ1) is 6.87. The van der Waals surface area contributed by atoms with Gasteiger partial charge in [0, 0.05) is 13.2 Å². The van der Waals surface area contributed by atoms with E-state index in [0.29, 0.717) is 5.41 Å². The van der Waals surface area contributed by atoms with Gasteiger partial charge >= 0.3 is 0 Å². The second-order valence-electron chi connectivity index (χ2n) is 5.04. The predicted octanol–water partition coefficient (Wildman–Crippen LogP) is 2.32. The Morgan fingerprint density at radius 2 is 1.93 bits per heavy atom. The fourth-order valence-corrected chi connectivity index (χ4v) is 3.26. The standard InChI is InChI=1S/C12H23NO/c13-10-12(6-2-1-3-7-12)11-5-4-8-14-9-11/h11H,1-10,13H2. The third kappa shape index (κ3) is 1.96. The van der Waals surface area contributed by atoms with Crippen molar-refractivity contribution in [2.24, 2.45) is 17.1 Å². The zero-order chi connectivity index (χ0) is 9.86. The van der Waals surface area contributed by atoms with Crippen LogP contribution in [-0.4, -0.2) is 19.8 Å². The highest BCUT2D eigenvalue weighted by atomic mass is 16.5. The van der Waals surface area contributed by atoms with E-state index in [0.717, 1.165) is 25.7 Å². The fourth-order valence-electron chi connectivity index (χ4n) is 3.26. The molecule has 0 spiro atoms. The van der Waals surface area contributed by atoms with Crippen LogP contribution in [0.15, 0.2) is 0 Å². The first-order valence-electron chi connectivity index (χ1n) is 6.15. The summed E-state index contributed by atoms with van der Waals surface area (Å²) in [6.07, 6.45) is 9.45. The van der Waals surface area contributed by atoms with Gasteiger partial charge in [-0.3, -0.25) is 0 Å². The van der Waals surface area contributed by atoms with Crippen LogP contribution in [0.3, 0.4) is 0 Å². The van der Waals surface area contributed by atoms with Crippen molar-refractivity contribution >= 4 is 0 Å². The first-order valence-corrected chi connectivity index (χ1v) is 6.15. The summed E-state index contributed by atoms with van der Waals surface area (Å²) in [7, 11) is 0. The molecule has 1 aliphatic heterocycles. The molecule has 2 aliphatic rings. The van der Waals surface area contributed by atoms with E-state index in [4.69, 9.17) is 10.5 Å². The Bertz CT molecular complexity index is 169. The minimum atomic E-state index is 0.443. The van der Waals surface area contributed by atoms with Gasteiger partial charge in [-0.15, -0.1) is 0 Å². The van der Waals surface area contributed by atoms with Crippen molar-refractivity contribution in [3.63, 3.8) is 0 Å². The van der Waals surface area contributed by atoms with E-state index in [1.54, 1.807) is 0 Å². The highest BCUT2D eigenvalue weighted by Gasteiger charge is 2.39. The molecule has 0 aromatic heterocycles. The zero-order valence-electron chi connectivity index (χ0n) is 9.13. The second-order valence-corrected chi connectivity index (χ2v) is 5.04. The lowest BCUT2D eigenvalue weighted by molar-refractivity contribution is -0.0225. The van der Waals surface area contributed by atoms with Crippen molar-refractivity contribution in [1.82, 2.24) is 0 Å². The van der Waals surface area contributed by atoms with Crippen molar-refractivity contribution in [3.05, 3.63) is 0 Å². The molecule has 0 radical (unpaired) electrons. The Morgan fingerprint density at radius 3 is 2.50 bits per heavy atom. The number of ether oxygens (including phenoxy) is 1. The van der Waals surface area contributed by atoms with Gasteiger partial charge in [0.2, 0.25) is 0 Å². The fraction of sp³-hybridized carbons (Fsp3) is 1.00. The van der Waals surface area contributed by atoms with Crippen LogP contribution < -0.4 is 5.73 Å². The summed E-state index contributed by atoms with van der Waals surface area (Å²) in [5, 5.41) is 0. The van der Waals surface area contributed by atoms with E-state index in [-0.39, 0.29) is 0 Å². The van der Waals surface area contributed by atoms with Crippen LogP contribution in [-0.2, 0) is 4.74 Å². The maximum Gasteiger partial charge on any atom is 0.0500 e. The molecule has 0 aromatic rings. The van der Waals surface area contributed by atoms with E-state index in [9.17, 15) is 0 Å². The summed E-state index contributed by atoms with van der Waals surface area (Å²) in [4.78, 5) is 0. The maximum atomic E-state index is 6.01. The topological polar surface area (TPSA) is 35.2 Å². The molecule has 14 heavy (non-hydrogen) atoms. The maximum absolute atomic E-state index is 6.01. The van der Waals surface area contributed by atoms with Crippen LogP contribution >= 0.6 is 0 Å². The smallest absolute Gasteiger partial charge is 0.0500 e. The van der Waals surface area contributed by atoms with E-state index in [1.807, 2.05) is 0 Å². The third-order valence-electron chi connectivity index (χ3n) is 4.28. The average Bonchev–Trinajstić information content (AvgIpc) is 2.31. The number of hydrogen-bond donors (Lipinski definition) is 1. The summed E-state index contributed by atoms with van der Waals surface area (Å²) in [5.41, 5.74) is 6.46. The molecule has 2 fully saturated rings. The Kier molecular flexibility index (Phi) is 3.45. The van der Waals surface area contributed by atoms with Crippen molar-refractivity contribution in [2.45, 2.75) is 44.9 Å². The second kappa shape index (κ2) is 4.63. The van der Waals surface area contributed by atoms with Gasteiger partial charge < -0.3 is 10.5 Å². The molecule has 1 heterocycles. The van der Waals surface area contributed by atoms with Crippen molar-refractivity contribution < 1.29 is 4.74 Å². The summed E-state index contributed by atoms with van der Waals surface area (Å²) < 4.78 is 5.61. The lowest BCUT2D eigenvalue weighted by Gasteiger charge is -2.44. The van der Waals surface area contributed by atoms with E-state index in [1.165, 1.54) is 44.9 Å². The molecule has 2 N–H and O–H groups in total. The van der Waals surface area contributed by atoms with Gasteiger partial charge in [-0.1, -0.05) is 19.3 Å². The van der Waals surface area contributed by atoms with Crippen LogP contribution in [0.4, 0.5) is 0 Å². The van der Waals surface area contributed by atoms with Crippen molar-refractivity contribution in [1.29, 1.82) is 0 Å². The first kappa shape index (κ1) is 10.4. The van der Waals surface area contributed by atoms with Crippen LogP contribution in [0.5, 0.6) is 0 Å². The van der Waals surface area contributed by atoms with E-state index < -0.39 is 0 Å². The van der Waals surface area contributed by atoms with Gasteiger partial charge in [0.25, 0.3) is 0 Å². The summed E-state index contributed by atoms with van der Waals surface area (Å²) >= 11 is 0. The van der Waals surface area contributed by atoms with Gasteiger partial charge in [-0.05, 0) is 43.6 Å². The minimum absolute atomic E-state index is 0.443. The zero-order valence-corrected chi connectivity index (χ0v) is 9.13. The minimum Gasteiger partial charge on any atom is -0.381 e. The number of rotatable bonds is 2. The summed E-state index contributed by atoms with van der Waals surface area (Å²) in [5.74, 6) is 0.751. The Balaban J connectivity index is 2.01. The third-order valence-corrected chi connectivity index (χ3v) is 4.28. The van der Waals surface area contributed by atoms with Gasteiger partial charge in [-0.2, -0.15) is 0 Å². The summed E-state index contributed by atoms with van der Waals surface area (Å²) in [6, 6.07) is 0. The Labute approximate surface area is 87.2 Å². The van der Waals surface area contributed by atoms with Gasteiger partial charge in [0.05, 0.1) is 0 Å². The van der Waals surface area contributed by atoms with Crippen LogP contribution in [0.25, 0.3) is 0 Å². The van der Waals surface area contributed by atoms with Gasteiger partial charge in [0.15, 0.2) is 0 Å². The largest absolute Gasteiger partial charge is 0.381 e. The highest BCUT2D eigenvalue weighted by molar-refractivity contribution is 4.90. The van der Waals surface area contributed by atoms with Crippen molar-refractivity contribution in [3.8, 4) is 0 Å². The molecule has 1 saturated carbocycles. The number of nitrogens with two attached hydrogens (primary N) is 1. The van der Waals surface area contributed by atoms with E-state index in [2.05, 4.69) is 0 Å². The normalized spacial score (nSPS) is 32.8. The molecule has 82 valence electrons. The lowest BCUT2D eigenvalue weighted by Crippen LogP contribution is -2.43. The molecule has 1 unspecified atom stereocenters. The monoisotopic (exact) mass is 197 g/mol. The molecule has 1 aliphatic carbocycles. The van der Waals surface area contributed by atoms with Gasteiger partial charge in [0.1, 0.15) is 0 Å². The van der Waals surface area contributed by atoms with Gasteiger partial charge in [-0.25, -0.2) is 0 Å². The molecular formula is C12H23NO. The molecule has 0 amide bonds. The van der Waals surface area contributed by atoms with Crippen LogP contribution in [0, 0.1) is 11.3 Å². The number of hydrogen-bond acceptors (Lipinski definition) is 2. The average molecular weight is 197 g/mol.